The van der Waals surface area contributed by atoms with E-state index in [0.717, 1.165) is 52.9 Å². The van der Waals surface area contributed by atoms with Crippen molar-refractivity contribution < 1.29 is 4.79 Å². The van der Waals surface area contributed by atoms with Crippen LogP contribution in [0.25, 0.3) is 21.1 Å². The molecule has 1 N–H and O–H groups in total. The zero-order chi connectivity index (χ0) is 17.5. The van der Waals surface area contributed by atoms with E-state index < -0.39 is 0 Å². The van der Waals surface area contributed by atoms with Crippen molar-refractivity contribution in [1.82, 2.24) is 14.9 Å². The van der Waals surface area contributed by atoms with Crippen molar-refractivity contribution in [3.63, 3.8) is 0 Å². The molecule has 2 aromatic heterocycles. The molecule has 1 amide bonds. The number of nitrogens with one attached hydrogen (secondary N) is 1. The molecule has 3 heterocycles. The van der Waals surface area contributed by atoms with E-state index in [0.29, 0.717) is 5.92 Å². The van der Waals surface area contributed by atoms with Gasteiger partial charge in [0.2, 0.25) is 0 Å². The molecule has 0 saturated carbocycles. The molecule has 26 heavy (non-hydrogen) atoms. The third-order valence-corrected chi connectivity index (χ3v) is 6.39. The van der Waals surface area contributed by atoms with Crippen LogP contribution in [0.4, 0.5) is 0 Å². The number of hydrogen-bond donors (Lipinski definition) is 1. The Morgan fingerprint density at radius 1 is 1.15 bits per heavy atom. The first-order valence-electron chi connectivity index (χ1n) is 9.00. The second kappa shape index (κ2) is 6.25. The van der Waals surface area contributed by atoms with E-state index in [9.17, 15) is 4.79 Å². The number of thiazole rings is 1. The van der Waals surface area contributed by atoms with Crippen molar-refractivity contribution in [1.29, 1.82) is 0 Å². The molecule has 4 nitrogen and oxygen atoms in total. The van der Waals surface area contributed by atoms with Gasteiger partial charge in [0.15, 0.2) is 0 Å². The van der Waals surface area contributed by atoms with Gasteiger partial charge in [0, 0.05) is 36.1 Å². The largest absolute Gasteiger partial charge is 0.360 e. The highest BCUT2D eigenvalue weighted by atomic mass is 32.1. The standard InChI is InChI=1S/C21H19N3OS/c25-21(16-12-22-17-8-2-1-7-15(16)17)24-11-5-6-14(13-24)20-23-18-9-3-4-10-19(18)26-20/h1-4,7-10,12,14,22H,5-6,11,13H2/t14-/m0/s1. The van der Waals surface area contributed by atoms with E-state index in [4.69, 9.17) is 4.98 Å². The van der Waals surface area contributed by atoms with Crippen LogP contribution < -0.4 is 0 Å². The number of H-pyrrole nitrogens is 1. The fourth-order valence-electron chi connectivity index (χ4n) is 3.85. The lowest BCUT2D eigenvalue weighted by atomic mass is 9.98. The van der Waals surface area contributed by atoms with Gasteiger partial charge in [-0.25, -0.2) is 4.98 Å². The zero-order valence-corrected chi connectivity index (χ0v) is 15.1. The minimum absolute atomic E-state index is 0.119. The SMILES string of the molecule is O=C(c1c[nH]c2ccccc12)N1CCC[C@H](c2nc3ccccc3s2)C1. The van der Waals surface area contributed by atoms with E-state index in [1.54, 1.807) is 11.3 Å². The lowest BCUT2D eigenvalue weighted by molar-refractivity contribution is 0.0709. The molecule has 1 saturated heterocycles. The fraction of sp³-hybridized carbons (Fsp3) is 0.238. The van der Waals surface area contributed by atoms with Gasteiger partial charge in [0.1, 0.15) is 0 Å². The van der Waals surface area contributed by atoms with E-state index >= 15 is 0 Å². The van der Waals surface area contributed by atoms with Crippen LogP contribution in [0.3, 0.4) is 0 Å². The molecule has 5 rings (SSSR count). The van der Waals surface area contributed by atoms with Crippen LogP contribution in [0.1, 0.15) is 34.1 Å². The van der Waals surface area contributed by atoms with Gasteiger partial charge in [-0.3, -0.25) is 4.79 Å². The van der Waals surface area contributed by atoms with Gasteiger partial charge in [-0.1, -0.05) is 30.3 Å². The predicted molar refractivity (Wildman–Crippen MR) is 106 cm³/mol. The van der Waals surface area contributed by atoms with Crippen molar-refractivity contribution in [2.75, 3.05) is 13.1 Å². The molecule has 1 aliphatic rings. The first kappa shape index (κ1) is 15.6. The number of amides is 1. The summed E-state index contributed by atoms with van der Waals surface area (Å²) in [4.78, 5) is 23.1. The maximum absolute atomic E-state index is 13.1. The molecule has 0 aliphatic carbocycles. The third kappa shape index (κ3) is 2.59. The molecular formula is C21H19N3OS. The van der Waals surface area contributed by atoms with Crippen LogP contribution in [-0.2, 0) is 0 Å². The van der Waals surface area contributed by atoms with Gasteiger partial charge >= 0.3 is 0 Å². The lowest BCUT2D eigenvalue weighted by Crippen LogP contribution is -2.39. The Morgan fingerprint density at radius 2 is 2.00 bits per heavy atom. The highest BCUT2D eigenvalue weighted by Gasteiger charge is 2.28. The summed E-state index contributed by atoms with van der Waals surface area (Å²) in [5, 5.41) is 2.15. The summed E-state index contributed by atoms with van der Waals surface area (Å²) in [5.41, 5.74) is 2.84. The Labute approximate surface area is 155 Å². The van der Waals surface area contributed by atoms with Crippen LogP contribution in [0.5, 0.6) is 0 Å². The number of rotatable bonds is 2. The van der Waals surface area contributed by atoms with Gasteiger partial charge in [0.05, 0.1) is 20.8 Å². The zero-order valence-electron chi connectivity index (χ0n) is 14.3. The monoisotopic (exact) mass is 361 g/mol. The minimum Gasteiger partial charge on any atom is -0.360 e. The average molecular weight is 361 g/mol. The number of carbonyl (C=O) groups is 1. The Kier molecular flexibility index (Phi) is 3.75. The summed E-state index contributed by atoms with van der Waals surface area (Å²) < 4.78 is 1.22. The highest BCUT2D eigenvalue weighted by molar-refractivity contribution is 7.18. The summed E-state index contributed by atoms with van der Waals surface area (Å²) in [7, 11) is 0. The molecule has 130 valence electrons. The lowest BCUT2D eigenvalue weighted by Gasteiger charge is -2.31. The molecule has 0 unspecified atom stereocenters. The van der Waals surface area contributed by atoms with E-state index in [1.807, 2.05) is 41.4 Å². The molecule has 1 fully saturated rings. The number of nitrogens with zero attached hydrogens (tertiary/aromatic N) is 2. The van der Waals surface area contributed by atoms with Crippen LogP contribution in [0, 0.1) is 0 Å². The molecule has 4 aromatic rings. The van der Waals surface area contributed by atoms with Crippen molar-refractivity contribution in [2.45, 2.75) is 18.8 Å². The Balaban J connectivity index is 1.42. The molecule has 0 spiro atoms. The predicted octanol–water partition coefficient (Wildman–Crippen LogP) is 4.80. The van der Waals surface area contributed by atoms with Crippen molar-refractivity contribution >= 4 is 38.4 Å². The molecule has 0 radical (unpaired) electrons. The van der Waals surface area contributed by atoms with E-state index in [-0.39, 0.29) is 5.91 Å². The van der Waals surface area contributed by atoms with Gasteiger partial charge in [-0.05, 0) is 31.0 Å². The molecular weight excluding hydrogens is 342 g/mol. The van der Waals surface area contributed by atoms with Crippen LogP contribution in [0.2, 0.25) is 0 Å². The molecule has 5 heteroatoms. The Morgan fingerprint density at radius 3 is 2.92 bits per heavy atom. The normalized spacial score (nSPS) is 17.8. The van der Waals surface area contributed by atoms with Crippen LogP contribution >= 0.6 is 11.3 Å². The van der Waals surface area contributed by atoms with Crippen molar-refractivity contribution in [3.8, 4) is 0 Å². The third-order valence-electron chi connectivity index (χ3n) is 5.19. The topological polar surface area (TPSA) is 49.0 Å². The number of carbonyl (C=O) groups excluding carboxylic acids is 1. The van der Waals surface area contributed by atoms with Crippen LogP contribution in [-0.4, -0.2) is 33.9 Å². The summed E-state index contributed by atoms with van der Waals surface area (Å²) in [5.74, 6) is 0.448. The highest BCUT2D eigenvalue weighted by Crippen LogP contribution is 2.33. The summed E-state index contributed by atoms with van der Waals surface area (Å²) >= 11 is 1.76. The number of fused-ring (bicyclic) bond motifs is 2. The number of hydrogen-bond acceptors (Lipinski definition) is 3. The second-order valence-corrected chi connectivity index (χ2v) is 7.92. The first-order chi connectivity index (χ1) is 12.8. The van der Waals surface area contributed by atoms with Gasteiger partial charge in [0.25, 0.3) is 5.91 Å². The van der Waals surface area contributed by atoms with Crippen molar-refractivity contribution in [3.05, 3.63) is 65.3 Å². The molecule has 2 aromatic carbocycles. The Bertz CT molecular complexity index is 1060. The number of para-hydroxylation sites is 2. The second-order valence-electron chi connectivity index (χ2n) is 6.86. The quantitative estimate of drug-likeness (QED) is 0.558. The maximum Gasteiger partial charge on any atom is 0.256 e. The maximum atomic E-state index is 13.1. The van der Waals surface area contributed by atoms with E-state index in [1.165, 1.54) is 4.70 Å². The Hall–Kier alpha value is -2.66. The smallest absolute Gasteiger partial charge is 0.256 e. The molecule has 1 aliphatic heterocycles. The van der Waals surface area contributed by atoms with Gasteiger partial charge in [-0.15, -0.1) is 11.3 Å². The fourth-order valence-corrected chi connectivity index (χ4v) is 4.94. The number of benzene rings is 2. The minimum atomic E-state index is 0.119. The summed E-state index contributed by atoms with van der Waals surface area (Å²) in [6.07, 6.45) is 3.96. The average Bonchev–Trinajstić information content (AvgIpc) is 3.32. The number of aromatic nitrogens is 2. The number of aromatic amines is 1. The summed E-state index contributed by atoms with van der Waals surface area (Å²) in [6, 6.07) is 16.2. The molecule has 1 atom stereocenters. The first-order valence-corrected chi connectivity index (χ1v) is 9.82. The number of likely N-dealkylation sites (tertiary alicyclic amines) is 1. The van der Waals surface area contributed by atoms with Crippen molar-refractivity contribution in [2.24, 2.45) is 0 Å². The van der Waals surface area contributed by atoms with Gasteiger partial charge in [-0.2, -0.15) is 0 Å². The molecule has 0 bridgehead atoms. The van der Waals surface area contributed by atoms with Gasteiger partial charge < -0.3 is 9.88 Å². The van der Waals surface area contributed by atoms with Crippen LogP contribution in [0.15, 0.2) is 54.7 Å². The van der Waals surface area contributed by atoms with E-state index in [2.05, 4.69) is 23.2 Å². The number of piperidine rings is 1. The summed E-state index contributed by atoms with van der Waals surface area (Å²) in [6.45, 7) is 1.57.